The standard InChI is InChI=1S/C12H19N3O2/c1-8-9(4-5-13-8)12(16)14-10-6-15(2)7-11(10)17-3/h4-5,10-11,13H,6-7H2,1-3H3,(H,14,16)/t10-,11-/m0/s1. The molecule has 0 radical (unpaired) electrons. The van der Waals surface area contributed by atoms with Gasteiger partial charge in [-0.2, -0.15) is 0 Å². The van der Waals surface area contributed by atoms with Crippen molar-refractivity contribution in [2.24, 2.45) is 0 Å². The van der Waals surface area contributed by atoms with Crippen LogP contribution >= 0.6 is 0 Å². The molecule has 1 aliphatic rings. The fourth-order valence-electron chi connectivity index (χ4n) is 2.28. The van der Waals surface area contributed by atoms with Gasteiger partial charge in [0.05, 0.1) is 17.7 Å². The van der Waals surface area contributed by atoms with Crippen molar-refractivity contribution >= 4 is 5.91 Å². The second kappa shape index (κ2) is 4.89. The monoisotopic (exact) mass is 237 g/mol. The SMILES string of the molecule is CO[C@H]1CN(C)C[C@@H]1NC(=O)c1cc[nH]c1C. The van der Waals surface area contributed by atoms with Crippen molar-refractivity contribution in [1.29, 1.82) is 0 Å². The van der Waals surface area contributed by atoms with E-state index in [9.17, 15) is 4.79 Å². The summed E-state index contributed by atoms with van der Waals surface area (Å²) < 4.78 is 5.38. The summed E-state index contributed by atoms with van der Waals surface area (Å²) in [6, 6.07) is 1.86. The first-order valence-corrected chi connectivity index (χ1v) is 5.78. The first kappa shape index (κ1) is 12.1. The Morgan fingerprint density at radius 1 is 1.59 bits per heavy atom. The van der Waals surface area contributed by atoms with Gasteiger partial charge in [-0.3, -0.25) is 4.79 Å². The normalized spacial score (nSPS) is 25.1. The zero-order valence-corrected chi connectivity index (χ0v) is 10.5. The van der Waals surface area contributed by atoms with E-state index in [1.807, 2.05) is 14.0 Å². The summed E-state index contributed by atoms with van der Waals surface area (Å²) in [5.74, 6) is -0.0360. The molecular weight excluding hydrogens is 218 g/mol. The topological polar surface area (TPSA) is 57.4 Å². The van der Waals surface area contributed by atoms with Crippen LogP contribution in [0.25, 0.3) is 0 Å². The highest BCUT2D eigenvalue weighted by Crippen LogP contribution is 2.12. The van der Waals surface area contributed by atoms with Gasteiger partial charge in [0.15, 0.2) is 0 Å². The summed E-state index contributed by atoms with van der Waals surface area (Å²) in [5.41, 5.74) is 1.59. The number of aryl methyl sites for hydroxylation is 1. The van der Waals surface area contributed by atoms with Crippen molar-refractivity contribution in [3.05, 3.63) is 23.5 Å². The molecule has 1 amide bonds. The molecule has 2 atom stereocenters. The van der Waals surface area contributed by atoms with E-state index in [0.29, 0.717) is 5.56 Å². The molecule has 0 aromatic carbocycles. The number of aromatic nitrogens is 1. The fraction of sp³-hybridized carbons (Fsp3) is 0.583. The average Bonchev–Trinajstić information content (AvgIpc) is 2.84. The Balaban J connectivity index is 2.02. The van der Waals surface area contributed by atoms with Gasteiger partial charge in [-0.25, -0.2) is 0 Å². The number of hydrogen-bond donors (Lipinski definition) is 2. The molecule has 5 heteroatoms. The van der Waals surface area contributed by atoms with E-state index >= 15 is 0 Å². The lowest BCUT2D eigenvalue weighted by molar-refractivity contribution is 0.0766. The highest BCUT2D eigenvalue weighted by molar-refractivity contribution is 5.95. The summed E-state index contributed by atoms with van der Waals surface area (Å²) >= 11 is 0. The van der Waals surface area contributed by atoms with Crippen LogP contribution in [0.4, 0.5) is 0 Å². The molecule has 2 rings (SSSR count). The minimum atomic E-state index is -0.0360. The number of ether oxygens (including phenoxy) is 1. The molecule has 0 unspecified atom stereocenters. The number of carbonyl (C=O) groups is 1. The van der Waals surface area contributed by atoms with Crippen LogP contribution in [0.1, 0.15) is 16.1 Å². The first-order valence-electron chi connectivity index (χ1n) is 5.78. The molecule has 0 saturated carbocycles. The van der Waals surface area contributed by atoms with E-state index in [2.05, 4.69) is 15.2 Å². The van der Waals surface area contributed by atoms with E-state index in [4.69, 9.17) is 4.74 Å². The molecule has 1 aromatic rings. The third kappa shape index (κ3) is 2.50. The molecule has 0 spiro atoms. The number of nitrogens with one attached hydrogen (secondary N) is 2. The highest BCUT2D eigenvalue weighted by atomic mass is 16.5. The zero-order chi connectivity index (χ0) is 12.4. The molecule has 5 nitrogen and oxygen atoms in total. The molecule has 0 bridgehead atoms. The van der Waals surface area contributed by atoms with Crippen molar-refractivity contribution in [3.8, 4) is 0 Å². The van der Waals surface area contributed by atoms with Gasteiger partial charge in [0, 0.05) is 32.1 Å². The summed E-state index contributed by atoms with van der Waals surface area (Å²) in [7, 11) is 3.71. The van der Waals surface area contributed by atoms with Gasteiger partial charge in [-0.05, 0) is 20.0 Å². The lowest BCUT2D eigenvalue weighted by atomic mass is 10.2. The molecule has 94 valence electrons. The largest absolute Gasteiger partial charge is 0.378 e. The summed E-state index contributed by atoms with van der Waals surface area (Å²) in [5, 5.41) is 3.03. The van der Waals surface area contributed by atoms with Crippen molar-refractivity contribution < 1.29 is 9.53 Å². The van der Waals surface area contributed by atoms with Crippen LogP contribution in [0.5, 0.6) is 0 Å². The molecule has 0 aliphatic carbocycles. The van der Waals surface area contributed by atoms with Gasteiger partial charge in [-0.1, -0.05) is 0 Å². The van der Waals surface area contributed by atoms with Gasteiger partial charge >= 0.3 is 0 Å². The Kier molecular flexibility index (Phi) is 3.49. The predicted octanol–water partition coefficient (Wildman–Crippen LogP) is 0.382. The third-order valence-corrected chi connectivity index (χ3v) is 3.27. The van der Waals surface area contributed by atoms with Gasteiger partial charge < -0.3 is 19.9 Å². The maximum Gasteiger partial charge on any atom is 0.253 e. The van der Waals surface area contributed by atoms with E-state index in [0.717, 1.165) is 18.8 Å². The minimum Gasteiger partial charge on any atom is -0.378 e. The quantitative estimate of drug-likeness (QED) is 0.799. The summed E-state index contributed by atoms with van der Waals surface area (Å²) in [6.45, 7) is 3.57. The zero-order valence-electron chi connectivity index (χ0n) is 10.5. The number of methoxy groups -OCH3 is 1. The number of carbonyl (C=O) groups excluding carboxylic acids is 1. The van der Waals surface area contributed by atoms with Gasteiger partial charge in [0.1, 0.15) is 0 Å². The number of H-pyrrole nitrogens is 1. The third-order valence-electron chi connectivity index (χ3n) is 3.27. The lowest BCUT2D eigenvalue weighted by Gasteiger charge is -2.18. The minimum absolute atomic E-state index is 0.0360. The van der Waals surface area contributed by atoms with Crippen molar-refractivity contribution in [1.82, 2.24) is 15.2 Å². The number of likely N-dealkylation sites (tertiary alicyclic amines) is 1. The Labute approximate surface area is 101 Å². The average molecular weight is 237 g/mol. The lowest BCUT2D eigenvalue weighted by Crippen LogP contribution is -2.43. The van der Waals surface area contributed by atoms with Gasteiger partial charge in [0.25, 0.3) is 5.91 Å². The Bertz CT molecular complexity index is 402. The Morgan fingerprint density at radius 3 is 2.94 bits per heavy atom. The summed E-state index contributed by atoms with van der Waals surface area (Å²) in [4.78, 5) is 17.2. The van der Waals surface area contributed by atoms with Crippen LogP contribution in [0, 0.1) is 6.92 Å². The van der Waals surface area contributed by atoms with E-state index in [-0.39, 0.29) is 18.1 Å². The van der Waals surface area contributed by atoms with E-state index in [1.165, 1.54) is 0 Å². The molecule has 17 heavy (non-hydrogen) atoms. The van der Waals surface area contributed by atoms with Crippen LogP contribution in [0.3, 0.4) is 0 Å². The van der Waals surface area contributed by atoms with Crippen molar-refractivity contribution in [2.45, 2.75) is 19.1 Å². The second-order valence-electron chi connectivity index (χ2n) is 4.59. The van der Waals surface area contributed by atoms with Crippen LogP contribution in [-0.2, 0) is 4.74 Å². The molecule has 1 aliphatic heterocycles. The van der Waals surface area contributed by atoms with Gasteiger partial charge in [-0.15, -0.1) is 0 Å². The predicted molar refractivity (Wildman–Crippen MR) is 65.1 cm³/mol. The van der Waals surface area contributed by atoms with Crippen LogP contribution < -0.4 is 5.32 Å². The molecule has 1 aromatic heterocycles. The maximum atomic E-state index is 12.0. The van der Waals surface area contributed by atoms with Gasteiger partial charge in [0.2, 0.25) is 0 Å². The Morgan fingerprint density at radius 2 is 2.35 bits per heavy atom. The molecular formula is C12H19N3O2. The smallest absolute Gasteiger partial charge is 0.253 e. The molecule has 2 heterocycles. The maximum absolute atomic E-state index is 12.0. The highest BCUT2D eigenvalue weighted by Gasteiger charge is 2.32. The molecule has 1 fully saturated rings. The van der Waals surface area contributed by atoms with E-state index in [1.54, 1.807) is 19.4 Å². The second-order valence-corrected chi connectivity index (χ2v) is 4.59. The first-order chi connectivity index (χ1) is 8.11. The number of amides is 1. The fourth-order valence-corrected chi connectivity index (χ4v) is 2.28. The van der Waals surface area contributed by atoms with Crippen LogP contribution in [-0.4, -0.2) is 55.2 Å². The van der Waals surface area contributed by atoms with Crippen molar-refractivity contribution in [2.75, 3.05) is 27.2 Å². The summed E-state index contributed by atoms with van der Waals surface area (Å²) in [6.07, 6.45) is 1.85. The van der Waals surface area contributed by atoms with Crippen molar-refractivity contribution in [3.63, 3.8) is 0 Å². The number of hydrogen-bond acceptors (Lipinski definition) is 3. The van der Waals surface area contributed by atoms with Crippen LogP contribution in [0.2, 0.25) is 0 Å². The molecule has 2 N–H and O–H groups in total. The van der Waals surface area contributed by atoms with E-state index < -0.39 is 0 Å². The number of rotatable bonds is 3. The Hall–Kier alpha value is -1.33. The number of aromatic amines is 1. The number of nitrogens with zero attached hydrogens (tertiary/aromatic N) is 1. The van der Waals surface area contributed by atoms with Crippen LogP contribution in [0.15, 0.2) is 12.3 Å². The number of likely N-dealkylation sites (N-methyl/N-ethyl adjacent to an activating group) is 1. The molecule has 1 saturated heterocycles.